The quantitative estimate of drug-likeness (QED) is 0.538. The van der Waals surface area contributed by atoms with Crippen LogP contribution >= 0.6 is 11.6 Å². The van der Waals surface area contributed by atoms with E-state index < -0.39 is 11.6 Å². The predicted molar refractivity (Wildman–Crippen MR) is 94.7 cm³/mol. The molecule has 0 aromatic heterocycles. The standard InChI is InChI=1S/C17H27ClN2O4/c1-11(2)19-8-13(22)9-24-15-6-5-12(7-14(15)18)16(23)20-17(3,4)10-21/h5-7,11,13,19,21-22H,8-10H2,1-4H3,(H,20,23). The molecule has 0 bridgehead atoms. The first-order valence-electron chi connectivity index (χ1n) is 7.92. The number of ether oxygens (including phenoxy) is 1. The molecule has 1 aromatic rings. The summed E-state index contributed by atoms with van der Waals surface area (Å²) in [4.78, 5) is 12.1. The van der Waals surface area contributed by atoms with Gasteiger partial charge in [-0.25, -0.2) is 0 Å². The number of carbonyl (C=O) groups is 1. The van der Waals surface area contributed by atoms with E-state index in [9.17, 15) is 15.0 Å². The van der Waals surface area contributed by atoms with Crippen LogP contribution in [-0.2, 0) is 0 Å². The van der Waals surface area contributed by atoms with Crippen LogP contribution in [0.4, 0.5) is 0 Å². The third kappa shape index (κ3) is 7.05. The van der Waals surface area contributed by atoms with Gasteiger partial charge in [-0.05, 0) is 32.0 Å². The third-order valence-electron chi connectivity index (χ3n) is 3.23. The zero-order valence-corrected chi connectivity index (χ0v) is 15.4. The average Bonchev–Trinajstić information content (AvgIpc) is 2.51. The van der Waals surface area contributed by atoms with E-state index in [2.05, 4.69) is 10.6 Å². The van der Waals surface area contributed by atoms with Gasteiger partial charge in [0.1, 0.15) is 18.5 Å². The lowest BCUT2D eigenvalue weighted by Gasteiger charge is -2.23. The van der Waals surface area contributed by atoms with Gasteiger partial charge in [-0.15, -0.1) is 0 Å². The number of nitrogens with one attached hydrogen (secondary N) is 2. The van der Waals surface area contributed by atoms with Crippen LogP contribution in [0.2, 0.25) is 5.02 Å². The number of amides is 1. The van der Waals surface area contributed by atoms with Gasteiger partial charge in [0.25, 0.3) is 5.91 Å². The lowest BCUT2D eigenvalue weighted by Crippen LogP contribution is -2.46. The number of halogens is 1. The van der Waals surface area contributed by atoms with E-state index in [1.165, 1.54) is 6.07 Å². The van der Waals surface area contributed by atoms with Crippen molar-refractivity contribution in [2.75, 3.05) is 19.8 Å². The minimum atomic E-state index is -0.716. The monoisotopic (exact) mass is 358 g/mol. The molecule has 0 aliphatic rings. The molecule has 0 saturated carbocycles. The van der Waals surface area contributed by atoms with Crippen molar-refractivity contribution in [3.8, 4) is 5.75 Å². The van der Waals surface area contributed by atoms with Gasteiger partial charge in [-0.2, -0.15) is 0 Å². The molecule has 1 atom stereocenters. The molecule has 1 amide bonds. The van der Waals surface area contributed by atoms with Crippen LogP contribution in [0.15, 0.2) is 18.2 Å². The zero-order chi connectivity index (χ0) is 18.3. The number of benzene rings is 1. The van der Waals surface area contributed by atoms with Gasteiger partial charge < -0.3 is 25.6 Å². The van der Waals surface area contributed by atoms with Gasteiger partial charge in [0.2, 0.25) is 0 Å². The Morgan fingerprint density at radius 1 is 1.38 bits per heavy atom. The van der Waals surface area contributed by atoms with Crippen molar-refractivity contribution in [3.63, 3.8) is 0 Å². The fraction of sp³-hybridized carbons (Fsp3) is 0.588. The summed E-state index contributed by atoms with van der Waals surface area (Å²) in [5.74, 6) is 0.0712. The number of rotatable bonds is 9. The van der Waals surface area contributed by atoms with E-state index in [0.29, 0.717) is 17.9 Å². The van der Waals surface area contributed by atoms with Crippen LogP contribution in [-0.4, -0.2) is 53.6 Å². The Bertz CT molecular complexity index is 549. The molecule has 1 rings (SSSR count). The largest absolute Gasteiger partial charge is 0.489 e. The molecule has 0 heterocycles. The molecule has 0 saturated heterocycles. The Balaban J connectivity index is 2.63. The molecule has 1 unspecified atom stereocenters. The molecule has 0 fully saturated rings. The maximum Gasteiger partial charge on any atom is 0.251 e. The normalized spacial score (nSPS) is 13.0. The highest BCUT2D eigenvalue weighted by Crippen LogP contribution is 2.25. The number of aliphatic hydroxyl groups excluding tert-OH is 2. The Morgan fingerprint density at radius 2 is 2.04 bits per heavy atom. The van der Waals surface area contributed by atoms with E-state index in [-0.39, 0.29) is 30.2 Å². The number of carbonyl (C=O) groups excluding carboxylic acids is 1. The molecular weight excluding hydrogens is 332 g/mol. The van der Waals surface area contributed by atoms with Gasteiger partial charge in [0.15, 0.2) is 0 Å². The molecule has 7 heteroatoms. The van der Waals surface area contributed by atoms with E-state index >= 15 is 0 Å². The van der Waals surface area contributed by atoms with E-state index in [1.54, 1.807) is 26.0 Å². The lowest BCUT2D eigenvalue weighted by molar-refractivity contribution is 0.0868. The topological polar surface area (TPSA) is 90.8 Å². The van der Waals surface area contributed by atoms with Crippen LogP contribution in [0.25, 0.3) is 0 Å². The minimum absolute atomic E-state index is 0.0997. The fourth-order valence-electron chi connectivity index (χ4n) is 1.79. The summed E-state index contributed by atoms with van der Waals surface area (Å²) in [5.41, 5.74) is -0.345. The highest BCUT2D eigenvalue weighted by Gasteiger charge is 2.20. The van der Waals surface area contributed by atoms with Gasteiger partial charge >= 0.3 is 0 Å². The third-order valence-corrected chi connectivity index (χ3v) is 3.53. The fourth-order valence-corrected chi connectivity index (χ4v) is 2.03. The van der Waals surface area contributed by atoms with Gasteiger partial charge in [-0.1, -0.05) is 25.4 Å². The van der Waals surface area contributed by atoms with Crippen molar-refractivity contribution in [2.24, 2.45) is 0 Å². The molecule has 136 valence electrons. The first-order valence-corrected chi connectivity index (χ1v) is 8.29. The Morgan fingerprint density at radius 3 is 2.58 bits per heavy atom. The van der Waals surface area contributed by atoms with Crippen molar-refractivity contribution in [1.82, 2.24) is 10.6 Å². The summed E-state index contributed by atoms with van der Waals surface area (Å²) < 4.78 is 5.49. The summed E-state index contributed by atoms with van der Waals surface area (Å²) in [6, 6.07) is 4.96. The molecule has 4 N–H and O–H groups in total. The lowest BCUT2D eigenvalue weighted by atomic mass is 10.1. The molecule has 24 heavy (non-hydrogen) atoms. The average molecular weight is 359 g/mol. The van der Waals surface area contributed by atoms with Crippen LogP contribution in [0.3, 0.4) is 0 Å². The molecular formula is C17H27ClN2O4. The molecule has 1 aromatic carbocycles. The van der Waals surface area contributed by atoms with Gasteiger partial charge in [0, 0.05) is 18.2 Å². The second kappa shape index (κ2) is 9.22. The predicted octanol–water partition coefficient (Wildman–Crippen LogP) is 1.58. The molecule has 0 aliphatic carbocycles. The highest BCUT2D eigenvalue weighted by atomic mass is 35.5. The summed E-state index contributed by atoms with van der Waals surface area (Å²) in [6.07, 6.45) is -0.656. The van der Waals surface area contributed by atoms with E-state index in [4.69, 9.17) is 16.3 Å². The van der Waals surface area contributed by atoms with Crippen LogP contribution < -0.4 is 15.4 Å². The highest BCUT2D eigenvalue weighted by molar-refractivity contribution is 6.32. The second-order valence-electron chi connectivity index (χ2n) is 6.67. The SMILES string of the molecule is CC(C)NCC(O)COc1ccc(C(=O)NC(C)(C)CO)cc1Cl. The van der Waals surface area contributed by atoms with Crippen molar-refractivity contribution < 1.29 is 19.7 Å². The Kier molecular flexibility index (Phi) is 7.96. The van der Waals surface area contributed by atoms with Crippen LogP contribution in [0, 0.1) is 0 Å². The number of hydrogen-bond donors (Lipinski definition) is 4. The maximum atomic E-state index is 12.1. The summed E-state index contributed by atoms with van der Waals surface area (Å²) >= 11 is 6.14. The van der Waals surface area contributed by atoms with E-state index in [1.807, 2.05) is 13.8 Å². The molecule has 6 nitrogen and oxygen atoms in total. The van der Waals surface area contributed by atoms with Crippen LogP contribution in [0.1, 0.15) is 38.1 Å². The zero-order valence-electron chi connectivity index (χ0n) is 14.6. The van der Waals surface area contributed by atoms with Crippen molar-refractivity contribution >= 4 is 17.5 Å². The number of hydrogen-bond acceptors (Lipinski definition) is 5. The summed E-state index contributed by atoms with van der Waals surface area (Å²) in [5, 5.41) is 25.1. The van der Waals surface area contributed by atoms with Gasteiger partial charge in [0.05, 0.1) is 17.2 Å². The Hall–Kier alpha value is -1.34. The summed E-state index contributed by atoms with van der Waals surface area (Å²) in [7, 11) is 0. The second-order valence-corrected chi connectivity index (χ2v) is 7.08. The molecule has 0 spiro atoms. The minimum Gasteiger partial charge on any atom is -0.489 e. The number of aliphatic hydroxyl groups is 2. The molecule has 0 aliphatic heterocycles. The van der Waals surface area contributed by atoms with Crippen LogP contribution in [0.5, 0.6) is 5.75 Å². The first-order chi connectivity index (χ1) is 11.1. The van der Waals surface area contributed by atoms with E-state index in [0.717, 1.165) is 0 Å². The first kappa shape index (κ1) is 20.7. The smallest absolute Gasteiger partial charge is 0.251 e. The van der Waals surface area contributed by atoms with Crippen molar-refractivity contribution in [1.29, 1.82) is 0 Å². The van der Waals surface area contributed by atoms with Crippen molar-refractivity contribution in [3.05, 3.63) is 28.8 Å². The summed E-state index contributed by atoms with van der Waals surface area (Å²) in [6.45, 7) is 7.77. The van der Waals surface area contributed by atoms with Gasteiger partial charge in [-0.3, -0.25) is 4.79 Å². The Labute approximate surface area is 148 Å². The van der Waals surface area contributed by atoms with Crippen molar-refractivity contribution in [2.45, 2.75) is 45.4 Å². The maximum absolute atomic E-state index is 12.1. The molecule has 0 radical (unpaired) electrons.